The van der Waals surface area contributed by atoms with E-state index in [1.807, 2.05) is 6.20 Å². The van der Waals surface area contributed by atoms with Crippen molar-refractivity contribution in [1.29, 1.82) is 0 Å². The van der Waals surface area contributed by atoms with Gasteiger partial charge in [0.1, 0.15) is 0 Å². The molecule has 1 heterocycles. The first-order valence-corrected chi connectivity index (χ1v) is 4.85. The Labute approximate surface area is 85.0 Å². The highest BCUT2D eigenvalue weighted by Crippen LogP contribution is 2.15. The lowest BCUT2D eigenvalue weighted by Crippen LogP contribution is -1.81. The molecule has 2 heteroatoms. The average molecular weight is 269 g/mol. The molecule has 0 atom stereocenters. The normalized spacial score (nSPS) is 10.5. The van der Waals surface area contributed by atoms with Gasteiger partial charge in [0.05, 0.1) is 5.52 Å². The quantitative estimate of drug-likeness (QED) is 0.669. The summed E-state index contributed by atoms with van der Waals surface area (Å²) in [5, 5.41) is 1.22. The number of hydrogen-bond donors (Lipinski definition) is 0. The summed E-state index contributed by atoms with van der Waals surface area (Å²) >= 11 is 2.28. The van der Waals surface area contributed by atoms with E-state index in [1.54, 1.807) is 0 Å². The maximum atomic E-state index is 4.31. The van der Waals surface area contributed by atoms with Gasteiger partial charge in [0.25, 0.3) is 0 Å². The maximum absolute atomic E-state index is 4.31. The third-order valence-electron chi connectivity index (χ3n) is 1.80. The van der Waals surface area contributed by atoms with E-state index in [4.69, 9.17) is 0 Å². The van der Waals surface area contributed by atoms with Crippen LogP contribution in [-0.2, 0) is 0 Å². The minimum atomic E-state index is 1.07. The van der Waals surface area contributed by atoms with Crippen LogP contribution in [0.15, 0.2) is 30.5 Å². The second kappa shape index (κ2) is 3.01. The molecule has 0 radical (unpaired) electrons. The standard InChI is InChI=1S/C10H8IN/c1-7-2-3-10-8(4-7)5-9(11)6-12-10/h2-6H,1H3. The molecular formula is C10H8IN. The zero-order valence-corrected chi connectivity index (χ0v) is 8.87. The largest absolute Gasteiger partial charge is 0.255 e. The summed E-state index contributed by atoms with van der Waals surface area (Å²) < 4.78 is 1.19. The molecule has 0 fully saturated rings. The Morgan fingerprint density at radius 1 is 1.25 bits per heavy atom. The van der Waals surface area contributed by atoms with Gasteiger partial charge in [0, 0.05) is 15.2 Å². The Kier molecular flexibility index (Phi) is 2.00. The Hall–Kier alpha value is -0.640. The lowest BCUT2D eigenvalue weighted by Gasteiger charge is -1.98. The zero-order chi connectivity index (χ0) is 8.55. The van der Waals surface area contributed by atoms with Crippen molar-refractivity contribution < 1.29 is 0 Å². The molecule has 2 rings (SSSR count). The number of aryl methyl sites for hydroxylation is 1. The molecule has 0 spiro atoms. The van der Waals surface area contributed by atoms with E-state index in [9.17, 15) is 0 Å². The highest BCUT2D eigenvalue weighted by atomic mass is 127. The molecule has 0 N–H and O–H groups in total. The molecule has 60 valence electrons. The lowest BCUT2D eigenvalue weighted by molar-refractivity contribution is 1.37. The number of benzene rings is 1. The van der Waals surface area contributed by atoms with Crippen LogP contribution in [0.4, 0.5) is 0 Å². The molecule has 12 heavy (non-hydrogen) atoms. The molecule has 1 aromatic carbocycles. The highest BCUT2D eigenvalue weighted by molar-refractivity contribution is 14.1. The molecule has 0 saturated heterocycles. The van der Waals surface area contributed by atoms with Crippen molar-refractivity contribution in [2.45, 2.75) is 6.92 Å². The van der Waals surface area contributed by atoms with E-state index < -0.39 is 0 Å². The van der Waals surface area contributed by atoms with Gasteiger partial charge in [0.15, 0.2) is 0 Å². The van der Waals surface area contributed by atoms with Crippen molar-refractivity contribution >= 4 is 33.5 Å². The average Bonchev–Trinajstić information content (AvgIpc) is 2.03. The number of nitrogens with zero attached hydrogens (tertiary/aromatic N) is 1. The van der Waals surface area contributed by atoms with Crippen molar-refractivity contribution in [1.82, 2.24) is 4.98 Å². The van der Waals surface area contributed by atoms with E-state index in [2.05, 4.69) is 58.8 Å². The third-order valence-corrected chi connectivity index (χ3v) is 2.39. The summed E-state index contributed by atoms with van der Waals surface area (Å²) in [5.41, 5.74) is 2.35. The van der Waals surface area contributed by atoms with Gasteiger partial charge in [0.2, 0.25) is 0 Å². The van der Waals surface area contributed by atoms with Crippen LogP contribution in [-0.4, -0.2) is 4.98 Å². The number of fused-ring (bicyclic) bond motifs is 1. The van der Waals surface area contributed by atoms with Crippen molar-refractivity contribution in [3.8, 4) is 0 Å². The summed E-state index contributed by atoms with van der Waals surface area (Å²) in [6.07, 6.45) is 1.89. The summed E-state index contributed by atoms with van der Waals surface area (Å²) in [7, 11) is 0. The van der Waals surface area contributed by atoms with Gasteiger partial charge in [-0.05, 0) is 47.7 Å². The monoisotopic (exact) mass is 269 g/mol. The predicted molar refractivity (Wildman–Crippen MR) is 59.2 cm³/mol. The van der Waals surface area contributed by atoms with E-state index in [1.165, 1.54) is 14.5 Å². The molecule has 1 aromatic heterocycles. The molecule has 0 saturated carbocycles. The number of hydrogen-bond acceptors (Lipinski definition) is 1. The first kappa shape index (κ1) is 7.98. The Balaban J connectivity index is 2.80. The third kappa shape index (κ3) is 1.43. The van der Waals surface area contributed by atoms with E-state index in [0.717, 1.165) is 5.52 Å². The van der Waals surface area contributed by atoms with Gasteiger partial charge < -0.3 is 0 Å². The van der Waals surface area contributed by atoms with E-state index >= 15 is 0 Å². The summed E-state index contributed by atoms with van der Waals surface area (Å²) in [6.45, 7) is 2.10. The summed E-state index contributed by atoms with van der Waals surface area (Å²) in [5.74, 6) is 0. The van der Waals surface area contributed by atoms with E-state index in [-0.39, 0.29) is 0 Å². The van der Waals surface area contributed by atoms with Gasteiger partial charge in [-0.25, -0.2) is 0 Å². The van der Waals surface area contributed by atoms with Crippen LogP contribution in [0.3, 0.4) is 0 Å². The van der Waals surface area contributed by atoms with Crippen LogP contribution in [0.25, 0.3) is 10.9 Å². The fourth-order valence-corrected chi connectivity index (χ4v) is 1.70. The lowest BCUT2D eigenvalue weighted by atomic mass is 10.1. The second-order valence-corrected chi connectivity index (χ2v) is 4.10. The van der Waals surface area contributed by atoms with Crippen molar-refractivity contribution in [3.05, 3.63) is 39.6 Å². The molecule has 0 aliphatic rings. The Bertz CT molecular complexity index is 386. The highest BCUT2D eigenvalue weighted by Gasteiger charge is 1.94. The van der Waals surface area contributed by atoms with Gasteiger partial charge in [-0.15, -0.1) is 0 Å². The molecule has 0 unspecified atom stereocenters. The predicted octanol–water partition coefficient (Wildman–Crippen LogP) is 3.15. The second-order valence-electron chi connectivity index (χ2n) is 2.85. The zero-order valence-electron chi connectivity index (χ0n) is 6.71. The summed E-state index contributed by atoms with van der Waals surface area (Å²) in [4.78, 5) is 4.31. The number of aromatic nitrogens is 1. The van der Waals surface area contributed by atoms with E-state index in [0.29, 0.717) is 0 Å². The van der Waals surface area contributed by atoms with Crippen molar-refractivity contribution in [3.63, 3.8) is 0 Å². The van der Waals surface area contributed by atoms with Gasteiger partial charge in [-0.1, -0.05) is 11.6 Å². The van der Waals surface area contributed by atoms with Crippen LogP contribution in [0.5, 0.6) is 0 Å². The Morgan fingerprint density at radius 3 is 2.92 bits per heavy atom. The molecule has 2 aromatic rings. The summed E-state index contributed by atoms with van der Waals surface area (Å²) in [6, 6.07) is 8.45. The van der Waals surface area contributed by atoms with Gasteiger partial charge in [-0.3, -0.25) is 4.98 Å². The fourth-order valence-electron chi connectivity index (χ4n) is 1.22. The maximum Gasteiger partial charge on any atom is 0.0702 e. The van der Waals surface area contributed by atoms with Crippen molar-refractivity contribution in [2.75, 3.05) is 0 Å². The molecule has 0 amide bonds. The minimum Gasteiger partial charge on any atom is -0.255 e. The van der Waals surface area contributed by atoms with Crippen LogP contribution < -0.4 is 0 Å². The SMILES string of the molecule is Cc1ccc2ncc(I)cc2c1. The van der Waals surface area contributed by atoms with Crippen LogP contribution >= 0.6 is 22.6 Å². The van der Waals surface area contributed by atoms with Crippen LogP contribution in [0, 0.1) is 10.5 Å². The molecule has 0 bridgehead atoms. The number of rotatable bonds is 0. The first-order chi connectivity index (χ1) is 5.75. The smallest absolute Gasteiger partial charge is 0.0702 e. The molecule has 0 aliphatic carbocycles. The first-order valence-electron chi connectivity index (χ1n) is 3.77. The Morgan fingerprint density at radius 2 is 2.08 bits per heavy atom. The molecular weight excluding hydrogens is 261 g/mol. The molecule has 1 nitrogen and oxygen atoms in total. The topological polar surface area (TPSA) is 12.9 Å². The van der Waals surface area contributed by atoms with Crippen LogP contribution in [0.2, 0.25) is 0 Å². The molecule has 0 aliphatic heterocycles. The van der Waals surface area contributed by atoms with Crippen molar-refractivity contribution in [2.24, 2.45) is 0 Å². The number of pyridine rings is 1. The van der Waals surface area contributed by atoms with Gasteiger partial charge in [-0.2, -0.15) is 0 Å². The number of halogens is 1. The van der Waals surface area contributed by atoms with Gasteiger partial charge >= 0.3 is 0 Å². The fraction of sp³-hybridized carbons (Fsp3) is 0.100. The van der Waals surface area contributed by atoms with Crippen LogP contribution in [0.1, 0.15) is 5.56 Å². The minimum absolute atomic E-state index is 1.07.